The zero-order valence-corrected chi connectivity index (χ0v) is 23.8. The Bertz CT molecular complexity index is 1550. The fourth-order valence-electron chi connectivity index (χ4n) is 4.52. The fourth-order valence-corrected chi connectivity index (χ4v) is 4.79. The molecule has 1 saturated heterocycles. The zero-order chi connectivity index (χ0) is 30.2. The molecular weight excluding hydrogens is 566 g/mol. The summed E-state index contributed by atoms with van der Waals surface area (Å²) < 4.78 is 11.8. The Kier molecular flexibility index (Phi) is 9.80. The van der Waals surface area contributed by atoms with Crippen molar-refractivity contribution < 1.29 is 19.1 Å². The third kappa shape index (κ3) is 6.71. The van der Waals surface area contributed by atoms with Crippen LogP contribution in [0.2, 0.25) is 5.02 Å². The first kappa shape index (κ1) is 30.1. The SMILES string of the molecule is CCNc1nc(Nc2cc(C#N)cc(N3CCC(NC(=O)OC)C(OC(=O)CCCN)C3)c2Cl)nn2c(C#N)cnc12. The van der Waals surface area contributed by atoms with Crippen molar-refractivity contribution in [2.45, 2.75) is 38.3 Å². The van der Waals surface area contributed by atoms with Gasteiger partial charge in [0.05, 0.1) is 53.9 Å². The molecule has 1 amide bonds. The molecule has 0 saturated carbocycles. The third-order valence-corrected chi connectivity index (χ3v) is 6.90. The van der Waals surface area contributed by atoms with Gasteiger partial charge < -0.3 is 36.1 Å². The van der Waals surface area contributed by atoms with Crippen molar-refractivity contribution in [1.29, 1.82) is 10.5 Å². The van der Waals surface area contributed by atoms with Crippen LogP contribution >= 0.6 is 11.6 Å². The van der Waals surface area contributed by atoms with Crippen LogP contribution in [-0.4, -0.2) is 77.1 Å². The Balaban J connectivity index is 1.66. The normalized spacial score (nSPS) is 16.3. The number of anilines is 4. The van der Waals surface area contributed by atoms with Crippen LogP contribution in [0.1, 0.15) is 37.4 Å². The second-order valence-corrected chi connectivity index (χ2v) is 9.67. The lowest BCUT2D eigenvalue weighted by molar-refractivity contribution is -0.150. The lowest BCUT2D eigenvalue weighted by Crippen LogP contribution is -2.55. The van der Waals surface area contributed by atoms with E-state index in [1.807, 2.05) is 17.9 Å². The van der Waals surface area contributed by atoms with Crippen molar-refractivity contribution >= 4 is 52.5 Å². The van der Waals surface area contributed by atoms with Crippen LogP contribution in [0, 0.1) is 22.7 Å². The monoisotopic (exact) mass is 595 g/mol. The smallest absolute Gasteiger partial charge is 0.407 e. The Labute approximate surface area is 246 Å². The molecule has 0 spiro atoms. The first-order valence-corrected chi connectivity index (χ1v) is 13.6. The number of methoxy groups -OCH3 is 1. The molecule has 2 aromatic heterocycles. The van der Waals surface area contributed by atoms with E-state index in [4.69, 9.17) is 26.8 Å². The fraction of sp³-hybridized carbons (Fsp3) is 0.423. The molecule has 220 valence electrons. The van der Waals surface area contributed by atoms with Gasteiger partial charge in [-0.2, -0.15) is 20.0 Å². The summed E-state index contributed by atoms with van der Waals surface area (Å²) in [5.41, 5.74) is 7.27. The molecule has 3 aromatic rings. The van der Waals surface area contributed by atoms with E-state index in [-0.39, 0.29) is 29.6 Å². The summed E-state index contributed by atoms with van der Waals surface area (Å²) in [6.07, 6.45) is 1.05. The van der Waals surface area contributed by atoms with Gasteiger partial charge in [0.15, 0.2) is 17.2 Å². The van der Waals surface area contributed by atoms with Gasteiger partial charge in [-0.05, 0) is 38.4 Å². The van der Waals surface area contributed by atoms with Gasteiger partial charge in [0, 0.05) is 19.5 Å². The largest absolute Gasteiger partial charge is 0.458 e. The van der Waals surface area contributed by atoms with Gasteiger partial charge in [0.1, 0.15) is 12.2 Å². The van der Waals surface area contributed by atoms with Gasteiger partial charge in [0.25, 0.3) is 0 Å². The van der Waals surface area contributed by atoms with Crippen molar-refractivity contribution in [2.75, 3.05) is 48.8 Å². The first-order valence-electron chi connectivity index (χ1n) is 13.2. The molecule has 0 bridgehead atoms. The number of hydrogen-bond donors (Lipinski definition) is 4. The third-order valence-electron chi connectivity index (χ3n) is 6.51. The van der Waals surface area contributed by atoms with E-state index in [0.717, 1.165) is 0 Å². The van der Waals surface area contributed by atoms with E-state index < -0.39 is 24.2 Å². The number of hydrogen-bond acceptors (Lipinski definition) is 13. The van der Waals surface area contributed by atoms with Crippen LogP contribution in [0.15, 0.2) is 18.3 Å². The van der Waals surface area contributed by atoms with Gasteiger partial charge in [-0.3, -0.25) is 4.79 Å². The van der Waals surface area contributed by atoms with Gasteiger partial charge in [-0.15, -0.1) is 5.10 Å². The first-order chi connectivity index (χ1) is 20.3. The van der Waals surface area contributed by atoms with Gasteiger partial charge in [-0.1, -0.05) is 11.6 Å². The van der Waals surface area contributed by atoms with E-state index in [0.29, 0.717) is 60.9 Å². The molecule has 42 heavy (non-hydrogen) atoms. The number of rotatable bonds is 10. The molecule has 4 rings (SSSR count). The maximum Gasteiger partial charge on any atom is 0.407 e. The van der Waals surface area contributed by atoms with E-state index in [9.17, 15) is 20.1 Å². The highest BCUT2D eigenvalue weighted by Gasteiger charge is 2.34. The molecule has 1 aliphatic rings. The average molecular weight is 596 g/mol. The number of nitrogens with zero attached hydrogens (tertiary/aromatic N) is 7. The van der Waals surface area contributed by atoms with Crippen LogP contribution in [0.25, 0.3) is 5.65 Å². The van der Waals surface area contributed by atoms with E-state index in [1.165, 1.54) is 17.8 Å². The molecule has 5 N–H and O–H groups in total. The number of amides is 1. The van der Waals surface area contributed by atoms with Crippen molar-refractivity contribution in [3.8, 4) is 12.1 Å². The molecule has 2 atom stereocenters. The van der Waals surface area contributed by atoms with E-state index >= 15 is 0 Å². The predicted molar refractivity (Wildman–Crippen MR) is 153 cm³/mol. The number of benzene rings is 1. The molecular formula is C26H30ClN11O4. The predicted octanol–water partition coefficient (Wildman–Crippen LogP) is 2.28. The molecule has 1 aliphatic heterocycles. The highest BCUT2D eigenvalue weighted by atomic mass is 35.5. The van der Waals surface area contributed by atoms with Gasteiger partial charge >= 0.3 is 12.1 Å². The molecule has 0 aliphatic carbocycles. The Morgan fingerprint density at radius 2 is 2.10 bits per heavy atom. The summed E-state index contributed by atoms with van der Waals surface area (Å²) >= 11 is 6.88. The molecule has 1 aromatic carbocycles. The lowest BCUT2D eigenvalue weighted by Gasteiger charge is -2.39. The highest BCUT2D eigenvalue weighted by molar-refractivity contribution is 6.36. The number of alkyl carbamates (subject to hydrolysis) is 1. The molecule has 15 nitrogen and oxygen atoms in total. The summed E-state index contributed by atoms with van der Waals surface area (Å²) in [7, 11) is 1.26. The van der Waals surface area contributed by atoms with E-state index in [2.05, 4.69) is 37.1 Å². The van der Waals surface area contributed by atoms with Crippen LogP contribution < -0.4 is 26.6 Å². The molecule has 0 radical (unpaired) electrons. The number of carbonyl (C=O) groups is 2. The zero-order valence-electron chi connectivity index (χ0n) is 23.1. The number of halogens is 1. The minimum Gasteiger partial charge on any atom is -0.458 e. The molecule has 16 heteroatoms. The molecule has 3 heterocycles. The Morgan fingerprint density at radius 1 is 1.29 bits per heavy atom. The van der Waals surface area contributed by atoms with Gasteiger partial charge in [0.2, 0.25) is 5.95 Å². The van der Waals surface area contributed by atoms with Crippen molar-refractivity contribution in [2.24, 2.45) is 5.73 Å². The number of nitrogens with two attached hydrogens (primary N) is 1. The second-order valence-electron chi connectivity index (χ2n) is 9.30. The number of esters is 1. The number of nitrogens with one attached hydrogen (secondary N) is 3. The number of imidazole rings is 1. The maximum atomic E-state index is 12.5. The number of nitriles is 2. The van der Waals surface area contributed by atoms with Crippen LogP contribution in [-0.2, 0) is 14.3 Å². The van der Waals surface area contributed by atoms with Crippen molar-refractivity contribution in [1.82, 2.24) is 24.9 Å². The second kappa shape index (κ2) is 13.7. The van der Waals surface area contributed by atoms with Crippen LogP contribution in [0.5, 0.6) is 0 Å². The molecule has 2 unspecified atom stereocenters. The minimum atomic E-state index is -0.722. The number of carbonyl (C=O) groups excluding carboxylic acids is 2. The highest BCUT2D eigenvalue weighted by Crippen LogP contribution is 2.37. The van der Waals surface area contributed by atoms with Crippen LogP contribution in [0.4, 0.5) is 27.9 Å². The Hall–Kier alpha value is -4.86. The summed E-state index contributed by atoms with van der Waals surface area (Å²) in [6.45, 7) is 3.39. The topological polar surface area (TPSA) is 209 Å². The summed E-state index contributed by atoms with van der Waals surface area (Å²) in [5, 5.41) is 32.8. The average Bonchev–Trinajstić information content (AvgIpc) is 3.41. The number of piperidine rings is 1. The maximum absolute atomic E-state index is 12.5. The van der Waals surface area contributed by atoms with E-state index in [1.54, 1.807) is 12.1 Å². The Morgan fingerprint density at radius 3 is 2.79 bits per heavy atom. The van der Waals surface area contributed by atoms with Crippen molar-refractivity contribution in [3.63, 3.8) is 0 Å². The van der Waals surface area contributed by atoms with Crippen LogP contribution in [0.3, 0.4) is 0 Å². The number of aromatic nitrogens is 4. The molecule has 1 fully saturated rings. The summed E-state index contributed by atoms with van der Waals surface area (Å²) in [6, 6.07) is 6.87. The summed E-state index contributed by atoms with van der Waals surface area (Å²) in [4.78, 5) is 35.0. The quantitative estimate of drug-likeness (QED) is 0.248. The minimum absolute atomic E-state index is 0.114. The number of ether oxygens (including phenoxy) is 2. The van der Waals surface area contributed by atoms with Gasteiger partial charge in [-0.25, -0.2) is 9.78 Å². The summed E-state index contributed by atoms with van der Waals surface area (Å²) in [5.74, 6) is 0.0795. The lowest BCUT2D eigenvalue weighted by atomic mass is 10.0. The van der Waals surface area contributed by atoms with Crippen molar-refractivity contribution in [3.05, 3.63) is 34.6 Å². The number of fused-ring (bicyclic) bond motifs is 1. The standard InChI is InChI=1S/C26H30ClN11O4/c1-3-31-23-24-32-13-16(12-30)38(24)36-25(35-23)33-18-9-15(11-29)10-19(22(18)27)37-8-6-17(34-26(40)41-2)20(14-37)42-21(39)5-4-7-28/h9-10,13,17,20H,3-8,14,28H2,1-2H3,(H,34,40)(H2,31,33,35,36).